The van der Waals surface area contributed by atoms with Crippen molar-refractivity contribution in [3.8, 4) is 0 Å². The molecule has 10 heteroatoms. The summed E-state index contributed by atoms with van der Waals surface area (Å²) in [5.74, 6) is -2.83. The number of hydrogen-bond donors (Lipinski definition) is 1. The Hall–Kier alpha value is -2.61. The molecule has 2 fully saturated rings. The lowest BCUT2D eigenvalue weighted by atomic mass is 9.80. The number of ether oxygens (including phenoxy) is 1. The molecular weight excluding hydrogens is 503 g/mol. The average molecular weight is 524 g/mol. The molecule has 3 amide bonds. The molecule has 1 aliphatic heterocycles. The summed E-state index contributed by atoms with van der Waals surface area (Å²) < 4.78 is 5.08. The number of rotatable bonds is 5. The molecule has 0 radical (unpaired) electrons. The third-order valence-electron chi connectivity index (χ3n) is 6.15. The van der Waals surface area contributed by atoms with Gasteiger partial charge >= 0.3 is 5.97 Å². The fraction of sp³-hybridized carbons (Fsp3) is 0.333. The third kappa shape index (κ3) is 4.78. The summed E-state index contributed by atoms with van der Waals surface area (Å²) in [4.78, 5) is 51.3. The van der Waals surface area contributed by atoms with Gasteiger partial charge in [-0.3, -0.25) is 19.3 Å². The van der Waals surface area contributed by atoms with Crippen LogP contribution in [0.5, 0.6) is 0 Å². The minimum Gasteiger partial charge on any atom is -0.452 e. The number of esters is 1. The number of nitrogens with zero attached hydrogens (tertiary/aromatic N) is 1. The summed E-state index contributed by atoms with van der Waals surface area (Å²) in [6.07, 6.45) is 0.700. The maximum atomic E-state index is 12.9. The number of carbonyl (C=O) groups is 4. The van der Waals surface area contributed by atoms with E-state index in [2.05, 4.69) is 5.32 Å². The van der Waals surface area contributed by atoms with Gasteiger partial charge in [-0.2, -0.15) is 0 Å². The normalized spacial score (nSPS) is 24.1. The first-order chi connectivity index (χ1) is 16.2. The number of carbonyl (C=O) groups excluding carboxylic acids is 4. The minimum atomic E-state index is -0.716. The molecule has 2 aromatic carbocycles. The number of imide groups is 1. The van der Waals surface area contributed by atoms with E-state index in [9.17, 15) is 19.2 Å². The molecule has 2 aromatic rings. The molecule has 1 saturated heterocycles. The zero-order valence-electron chi connectivity index (χ0n) is 18.1. The van der Waals surface area contributed by atoms with Crippen LogP contribution in [0.4, 0.5) is 11.4 Å². The van der Waals surface area contributed by atoms with Crippen molar-refractivity contribution in [2.24, 2.45) is 11.8 Å². The second-order valence-electron chi connectivity index (χ2n) is 8.31. The number of halogens is 3. The molecule has 0 unspecified atom stereocenters. The molecular formula is C24H21Cl3N2O5. The number of amides is 3. The van der Waals surface area contributed by atoms with Crippen molar-refractivity contribution >= 4 is 69.9 Å². The van der Waals surface area contributed by atoms with E-state index in [-0.39, 0.29) is 28.1 Å². The highest BCUT2D eigenvalue weighted by atomic mass is 35.5. The van der Waals surface area contributed by atoms with Crippen LogP contribution >= 0.6 is 34.8 Å². The number of hydrogen-bond acceptors (Lipinski definition) is 5. The lowest BCUT2D eigenvalue weighted by Gasteiger charge is -2.28. The van der Waals surface area contributed by atoms with E-state index in [1.54, 1.807) is 25.1 Å². The van der Waals surface area contributed by atoms with E-state index >= 15 is 0 Å². The first-order valence-corrected chi connectivity index (χ1v) is 11.9. The fourth-order valence-electron chi connectivity index (χ4n) is 4.24. The van der Waals surface area contributed by atoms with Crippen LogP contribution in [0.15, 0.2) is 42.5 Å². The molecule has 4 rings (SSSR count). The van der Waals surface area contributed by atoms with Crippen molar-refractivity contribution in [1.29, 1.82) is 0 Å². The molecule has 0 aromatic heterocycles. The van der Waals surface area contributed by atoms with Gasteiger partial charge in [0, 0.05) is 10.7 Å². The van der Waals surface area contributed by atoms with Crippen molar-refractivity contribution in [2.45, 2.75) is 30.5 Å². The van der Waals surface area contributed by atoms with Crippen LogP contribution in [0.3, 0.4) is 0 Å². The molecule has 1 aliphatic carbocycles. The van der Waals surface area contributed by atoms with Gasteiger partial charge in [0.25, 0.3) is 5.91 Å². The number of fused-ring (bicyclic) bond motifs is 1. The van der Waals surface area contributed by atoms with Crippen LogP contribution in [0.2, 0.25) is 5.02 Å². The lowest BCUT2D eigenvalue weighted by molar-refractivity contribution is -0.122. The molecule has 1 saturated carbocycles. The number of nitrogens with one attached hydrogen (secondary N) is 1. The van der Waals surface area contributed by atoms with Gasteiger partial charge < -0.3 is 10.1 Å². The monoisotopic (exact) mass is 522 g/mol. The Morgan fingerprint density at radius 2 is 1.59 bits per heavy atom. The summed E-state index contributed by atoms with van der Waals surface area (Å²) in [5.41, 5.74) is 1.76. The number of benzene rings is 2. The van der Waals surface area contributed by atoms with E-state index in [1.165, 1.54) is 24.3 Å². The molecule has 0 spiro atoms. The van der Waals surface area contributed by atoms with Gasteiger partial charge in [0.2, 0.25) is 11.8 Å². The Morgan fingerprint density at radius 3 is 2.18 bits per heavy atom. The molecule has 178 valence electrons. The SMILES string of the molecule is Cc1c(Cl)cccc1NC(=O)COC(=O)c1ccc(N2C(=O)[C@H]3C[C@H](Cl)[C@@H](Cl)C[C@H]3C2=O)cc1. The van der Waals surface area contributed by atoms with Gasteiger partial charge in [-0.25, -0.2) is 4.79 Å². The van der Waals surface area contributed by atoms with Gasteiger partial charge in [-0.15, -0.1) is 23.2 Å². The summed E-state index contributed by atoms with van der Waals surface area (Å²) in [5, 5.41) is 2.42. The maximum absolute atomic E-state index is 12.9. The van der Waals surface area contributed by atoms with E-state index in [0.29, 0.717) is 34.8 Å². The van der Waals surface area contributed by atoms with Crippen LogP contribution in [0.1, 0.15) is 28.8 Å². The van der Waals surface area contributed by atoms with Crippen molar-refractivity contribution in [2.75, 3.05) is 16.8 Å². The molecule has 7 nitrogen and oxygen atoms in total. The predicted molar refractivity (Wildman–Crippen MR) is 130 cm³/mol. The quantitative estimate of drug-likeness (QED) is 0.352. The van der Waals surface area contributed by atoms with Crippen LogP contribution in [0, 0.1) is 18.8 Å². The Kier molecular flexibility index (Phi) is 7.17. The molecule has 34 heavy (non-hydrogen) atoms. The van der Waals surface area contributed by atoms with E-state index in [1.807, 2.05) is 0 Å². The predicted octanol–water partition coefficient (Wildman–Crippen LogP) is 4.56. The largest absolute Gasteiger partial charge is 0.452 e. The van der Waals surface area contributed by atoms with Gasteiger partial charge in [0.15, 0.2) is 6.61 Å². The first-order valence-electron chi connectivity index (χ1n) is 10.7. The molecule has 4 atom stereocenters. The average Bonchev–Trinajstić information content (AvgIpc) is 3.05. The zero-order valence-corrected chi connectivity index (χ0v) is 20.4. The molecule has 2 aliphatic rings. The minimum absolute atomic E-state index is 0.175. The van der Waals surface area contributed by atoms with Crippen LogP contribution in [-0.2, 0) is 19.1 Å². The highest BCUT2D eigenvalue weighted by Gasteiger charge is 2.52. The summed E-state index contributed by atoms with van der Waals surface area (Å²) >= 11 is 18.5. The zero-order chi connectivity index (χ0) is 24.6. The highest BCUT2D eigenvalue weighted by Crippen LogP contribution is 2.43. The van der Waals surface area contributed by atoms with Crippen LogP contribution in [-0.4, -0.2) is 41.1 Å². The van der Waals surface area contributed by atoms with Crippen LogP contribution < -0.4 is 10.2 Å². The standard InChI is InChI=1S/C24H21Cl3N2O5/c1-12-17(25)3-2-4-20(12)28-21(30)11-34-24(33)13-5-7-14(8-6-13)29-22(31)15-9-18(26)19(27)10-16(15)23(29)32/h2-8,15-16,18-19H,9-11H2,1H3,(H,28,30)/t15-,16+,18-,19-/m0/s1. The Labute approximate surface area is 211 Å². The number of anilines is 2. The lowest BCUT2D eigenvalue weighted by Crippen LogP contribution is -2.34. The summed E-state index contributed by atoms with van der Waals surface area (Å²) in [6, 6.07) is 11.0. The van der Waals surface area contributed by atoms with Crippen molar-refractivity contribution < 1.29 is 23.9 Å². The van der Waals surface area contributed by atoms with Crippen molar-refractivity contribution in [1.82, 2.24) is 0 Å². The molecule has 0 bridgehead atoms. The maximum Gasteiger partial charge on any atom is 0.338 e. The van der Waals surface area contributed by atoms with E-state index < -0.39 is 30.3 Å². The van der Waals surface area contributed by atoms with Crippen molar-refractivity contribution in [3.05, 3.63) is 58.6 Å². The third-order valence-corrected chi connectivity index (χ3v) is 7.65. The van der Waals surface area contributed by atoms with Gasteiger partial charge in [0.1, 0.15) is 0 Å². The Bertz CT molecular complexity index is 1130. The van der Waals surface area contributed by atoms with Gasteiger partial charge in [-0.1, -0.05) is 17.7 Å². The topological polar surface area (TPSA) is 92.8 Å². The summed E-state index contributed by atoms with van der Waals surface area (Å²) in [6.45, 7) is 1.27. The van der Waals surface area contributed by atoms with Gasteiger partial charge in [0.05, 0.1) is 33.8 Å². The smallest absolute Gasteiger partial charge is 0.338 e. The molecule has 1 heterocycles. The molecule has 1 N–H and O–H groups in total. The van der Waals surface area contributed by atoms with Gasteiger partial charge in [-0.05, 0) is 61.7 Å². The summed E-state index contributed by atoms with van der Waals surface area (Å²) in [7, 11) is 0. The Morgan fingerprint density at radius 1 is 1.00 bits per heavy atom. The Balaban J connectivity index is 1.37. The first kappa shape index (κ1) is 24.5. The van der Waals surface area contributed by atoms with Crippen LogP contribution in [0.25, 0.3) is 0 Å². The number of alkyl halides is 2. The van der Waals surface area contributed by atoms with E-state index in [0.717, 1.165) is 4.90 Å². The van der Waals surface area contributed by atoms with Crippen molar-refractivity contribution in [3.63, 3.8) is 0 Å². The second-order valence-corrected chi connectivity index (χ2v) is 9.84. The van der Waals surface area contributed by atoms with E-state index in [4.69, 9.17) is 39.5 Å². The fourth-order valence-corrected chi connectivity index (χ4v) is 5.00. The second kappa shape index (κ2) is 9.94. The highest BCUT2D eigenvalue weighted by molar-refractivity contribution is 6.32.